The molecule has 0 spiro atoms. The number of primary sulfonamides is 1. The first kappa shape index (κ1) is 24.0. The standard InChI is InChI=1S/C20H14Cl2F3N3O3S/c21-14-2-1-11(17(22)7-14)6-19(29)28-15-3-4-16(18(8-15)32(26,30)31)12-5-13(10-27-9-12)20(23,24)25/h1-5,7-10H,6H2,(H,28,29)(H2,26,30,31). The van der Waals surface area contributed by atoms with E-state index in [1.807, 2.05) is 0 Å². The van der Waals surface area contributed by atoms with Gasteiger partial charge in [0.15, 0.2) is 0 Å². The van der Waals surface area contributed by atoms with Gasteiger partial charge < -0.3 is 5.32 Å². The molecule has 2 aromatic carbocycles. The molecule has 0 saturated heterocycles. The molecule has 12 heteroatoms. The van der Waals surface area contributed by atoms with Gasteiger partial charge in [0.05, 0.1) is 16.9 Å². The van der Waals surface area contributed by atoms with E-state index in [9.17, 15) is 26.4 Å². The third-order valence-electron chi connectivity index (χ3n) is 4.31. The molecule has 0 aliphatic heterocycles. The molecule has 3 aromatic rings. The molecule has 0 radical (unpaired) electrons. The van der Waals surface area contributed by atoms with Crippen molar-refractivity contribution in [2.24, 2.45) is 5.14 Å². The van der Waals surface area contributed by atoms with Crippen LogP contribution >= 0.6 is 23.2 Å². The second kappa shape index (κ2) is 9.07. The number of nitrogens with one attached hydrogen (secondary N) is 1. The van der Waals surface area contributed by atoms with Crippen LogP contribution in [-0.2, 0) is 27.4 Å². The highest BCUT2D eigenvalue weighted by molar-refractivity contribution is 7.89. The lowest BCUT2D eigenvalue weighted by Crippen LogP contribution is -2.17. The van der Waals surface area contributed by atoms with Gasteiger partial charge in [-0.3, -0.25) is 9.78 Å². The number of benzene rings is 2. The minimum atomic E-state index is -4.67. The molecule has 0 unspecified atom stereocenters. The number of amides is 1. The van der Waals surface area contributed by atoms with Gasteiger partial charge in [-0.15, -0.1) is 0 Å². The van der Waals surface area contributed by atoms with Crippen LogP contribution in [0.25, 0.3) is 11.1 Å². The SMILES string of the molecule is NS(=O)(=O)c1cc(NC(=O)Cc2ccc(Cl)cc2Cl)ccc1-c1cncc(C(F)(F)F)c1. The van der Waals surface area contributed by atoms with Crippen LogP contribution < -0.4 is 10.5 Å². The lowest BCUT2D eigenvalue weighted by atomic mass is 10.0. The molecule has 0 bridgehead atoms. The van der Waals surface area contributed by atoms with Crippen LogP contribution in [0.3, 0.4) is 0 Å². The molecule has 32 heavy (non-hydrogen) atoms. The number of sulfonamides is 1. The van der Waals surface area contributed by atoms with Crippen molar-refractivity contribution in [3.63, 3.8) is 0 Å². The van der Waals surface area contributed by atoms with Crippen molar-refractivity contribution >= 4 is 44.8 Å². The topological polar surface area (TPSA) is 102 Å². The average molecular weight is 504 g/mol. The van der Waals surface area contributed by atoms with E-state index >= 15 is 0 Å². The zero-order valence-electron chi connectivity index (χ0n) is 16.0. The molecule has 0 aliphatic rings. The Morgan fingerprint density at radius 1 is 1.06 bits per heavy atom. The molecule has 0 fully saturated rings. The Labute approximate surface area is 191 Å². The van der Waals surface area contributed by atoms with E-state index < -0.39 is 32.6 Å². The maximum atomic E-state index is 13.0. The van der Waals surface area contributed by atoms with Crippen molar-refractivity contribution in [2.45, 2.75) is 17.5 Å². The minimum Gasteiger partial charge on any atom is -0.326 e. The number of aromatic nitrogens is 1. The first-order chi connectivity index (χ1) is 14.8. The molecule has 0 atom stereocenters. The summed E-state index contributed by atoms with van der Waals surface area (Å²) < 4.78 is 63.2. The van der Waals surface area contributed by atoms with Gasteiger partial charge >= 0.3 is 6.18 Å². The number of carbonyl (C=O) groups is 1. The summed E-state index contributed by atoms with van der Waals surface area (Å²) in [5, 5.41) is 8.46. The van der Waals surface area contributed by atoms with Crippen LogP contribution in [0.15, 0.2) is 59.8 Å². The largest absolute Gasteiger partial charge is 0.417 e. The van der Waals surface area contributed by atoms with E-state index in [1.165, 1.54) is 18.2 Å². The van der Waals surface area contributed by atoms with Crippen LogP contribution in [0.1, 0.15) is 11.1 Å². The quantitative estimate of drug-likeness (QED) is 0.516. The zero-order valence-corrected chi connectivity index (χ0v) is 18.3. The Bertz CT molecular complexity index is 1300. The smallest absolute Gasteiger partial charge is 0.326 e. The summed E-state index contributed by atoms with van der Waals surface area (Å²) in [7, 11) is -4.35. The Kier molecular flexibility index (Phi) is 6.80. The van der Waals surface area contributed by atoms with E-state index in [0.717, 1.165) is 18.3 Å². The number of nitrogens with two attached hydrogens (primary N) is 1. The van der Waals surface area contributed by atoms with E-state index in [2.05, 4.69) is 10.3 Å². The van der Waals surface area contributed by atoms with E-state index in [1.54, 1.807) is 12.1 Å². The lowest BCUT2D eigenvalue weighted by Gasteiger charge is -2.13. The maximum absolute atomic E-state index is 13.0. The Hall–Kier alpha value is -2.66. The second-order valence-electron chi connectivity index (χ2n) is 6.68. The van der Waals surface area contributed by atoms with Gasteiger partial charge in [0, 0.05) is 39.3 Å². The molecule has 0 aliphatic carbocycles. The van der Waals surface area contributed by atoms with Gasteiger partial charge in [0.2, 0.25) is 15.9 Å². The van der Waals surface area contributed by atoms with Crippen LogP contribution in [0.4, 0.5) is 18.9 Å². The predicted octanol–water partition coefficient (Wildman–Crippen LogP) is 4.90. The third-order valence-corrected chi connectivity index (χ3v) is 5.85. The highest BCUT2D eigenvalue weighted by Crippen LogP contribution is 2.34. The molecule has 0 saturated carbocycles. The van der Waals surface area contributed by atoms with E-state index in [4.69, 9.17) is 28.3 Å². The Morgan fingerprint density at radius 2 is 1.78 bits per heavy atom. The molecule has 3 rings (SSSR count). The number of alkyl halides is 3. The average Bonchev–Trinajstić information content (AvgIpc) is 2.69. The fourth-order valence-corrected chi connectivity index (χ4v) is 4.12. The van der Waals surface area contributed by atoms with Gasteiger partial charge in [-0.05, 0) is 35.9 Å². The third kappa shape index (κ3) is 5.77. The molecule has 1 amide bonds. The number of hydrogen-bond donors (Lipinski definition) is 2. The van der Waals surface area contributed by atoms with E-state index in [0.29, 0.717) is 16.8 Å². The number of pyridine rings is 1. The number of nitrogens with zero attached hydrogens (tertiary/aromatic N) is 1. The van der Waals surface area contributed by atoms with Gasteiger partial charge in [0.1, 0.15) is 0 Å². The summed E-state index contributed by atoms with van der Waals surface area (Å²) in [4.78, 5) is 15.4. The van der Waals surface area contributed by atoms with Crippen LogP contribution in [0, 0.1) is 0 Å². The first-order valence-corrected chi connectivity index (χ1v) is 11.1. The minimum absolute atomic E-state index is 0.0767. The highest BCUT2D eigenvalue weighted by Gasteiger charge is 2.31. The summed E-state index contributed by atoms with van der Waals surface area (Å²) in [5.74, 6) is -0.511. The van der Waals surface area contributed by atoms with Crippen molar-refractivity contribution in [3.05, 3.63) is 76.0 Å². The van der Waals surface area contributed by atoms with Gasteiger partial charge in [-0.1, -0.05) is 35.3 Å². The molecule has 6 nitrogen and oxygen atoms in total. The molecular formula is C20H14Cl2F3N3O3S. The van der Waals surface area contributed by atoms with Crippen LogP contribution in [-0.4, -0.2) is 19.3 Å². The van der Waals surface area contributed by atoms with E-state index in [-0.39, 0.29) is 28.3 Å². The van der Waals surface area contributed by atoms with Crippen molar-refractivity contribution in [3.8, 4) is 11.1 Å². The molecule has 1 aromatic heterocycles. The van der Waals surface area contributed by atoms with Crippen molar-refractivity contribution in [2.75, 3.05) is 5.32 Å². The lowest BCUT2D eigenvalue weighted by molar-refractivity contribution is -0.137. The highest BCUT2D eigenvalue weighted by atomic mass is 35.5. The number of anilines is 1. The molecule has 3 N–H and O–H groups in total. The number of hydrogen-bond acceptors (Lipinski definition) is 4. The fourth-order valence-electron chi connectivity index (χ4n) is 2.86. The van der Waals surface area contributed by atoms with Crippen LogP contribution in [0.2, 0.25) is 10.0 Å². The summed E-state index contributed by atoms with van der Waals surface area (Å²) in [6, 6.07) is 9.01. The first-order valence-electron chi connectivity index (χ1n) is 8.78. The Balaban J connectivity index is 1.93. The van der Waals surface area contributed by atoms with Crippen molar-refractivity contribution in [1.82, 2.24) is 4.98 Å². The predicted molar refractivity (Wildman–Crippen MR) is 115 cm³/mol. The Morgan fingerprint density at radius 3 is 2.41 bits per heavy atom. The number of carbonyl (C=O) groups excluding carboxylic acids is 1. The van der Waals surface area contributed by atoms with Gasteiger partial charge in [-0.2, -0.15) is 13.2 Å². The second-order valence-corrected chi connectivity index (χ2v) is 9.05. The summed E-state index contributed by atoms with van der Waals surface area (Å²) in [6.07, 6.45) is -3.09. The van der Waals surface area contributed by atoms with Crippen LogP contribution in [0.5, 0.6) is 0 Å². The van der Waals surface area contributed by atoms with Gasteiger partial charge in [0.25, 0.3) is 0 Å². The number of halogens is 5. The summed E-state index contributed by atoms with van der Waals surface area (Å²) >= 11 is 11.9. The summed E-state index contributed by atoms with van der Waals surface area (Å²) in [5.41, 5.74) is -0.674. The number of rotatable bonds is 5. The van der Waals surface area contributed by atoms with Crippen molar-refractivity contribution < 1.29 is 26.4 Å². The zero-order chi connectivity index (χ0) is 23.7. The molecular weight excluding hydrogens is 490 g/mol. The summed E-state index contributed by atoms with van der Waals surface area (Å²) in [6.45, 7) is 0. The molecule has 1 heterocycles. The maximum Gasteiger partial charge on any atom is 0.417 e. The van der Waals surface area contributed by atoms with Gasteiger partial charge in [-0.25, -0.2) is 13.6 Å². The van der Waals surface area contributed by atoms with Crippen molar-refractivity contribution in [1.29, 1.82) is 0 Å². The molecule has 168 valence electrons. The normalized spacial score (nSPS) is 11.9. The monoisotopic (exact) mass is 503 g/mol. The fraction of sp³-hybridized carbons (Fsp3) is 0.100.